The smallest absolute Gasteiger partial charge is 0.318 e. The third-order valence-electron chi connectivity index (χ3n) is 2.32. The summed E-state index contributed by atoms with van der Waals surface area (Å²) < 4.78 is 12.2. The molecule has 5 N–H and O–H groups in total. The van der Waals surface area contributed by atoms with E-state index in [1.54, 1.807) is 18.2 Å². The fraction of sp³-hybridized carbons (Fsp3) is 0.273. The van der Waals surface area contributed by atoms with Crippen LogP contribution in [0.5, 0.6) is 0 Å². The number of rotatable bonds is 3. The molecule has 0 saturated carbocycles. The fourth-order valence-corrected chi connectivity index (χ4v) is 2.56. The lowest BCUT2D eigenvalue weighted by molar-refractivity contribution is -0.119. The van der Waals surface area contributed by atoms with Crippen LogP contribution in [-0.2, 0) is 15.6 Å². The summed E-state index contributed by atoms with van der Waals surface area (Å²) in [6, 6.07) is 4.09. The van der Waals surface area contributed by atoms with Gasteiger partial charge in [0.2, 0.25) is 5.91 Å². The number of nitrogens with two attached hydrogens (primary N) is 2. The van der Waals surface area contributed by atoms with Gasteiger partial charge in [-0.3, -0.25) is 14.3 Å². The molecule has 98 valence electrons. The van der Waals surface area contributed by atoms with Crippen LogP contribution in [0.4, 0.5) is 10.5 Å². The van der Waals surface area contributed by atoms with Crippen molar-refractivity contribution in [1.29, 1.82) is 0 Å². The van der Waals surface area contributed by atoms with E-state index in [4.69, 9.17) is 11.5 Å². The van der Waals surface area contributed by atoms with Gasteiger partial charge >= 0.3 is 6.03 Å². The molecule has 1 aromatic carbocycles. The lowest BCUT2D eigenvalue weighted by Gasteiger charge is -2.12. The van der Waals surface area contributed by atoms with Gasteiger partial charge in [-0.2, -0.15) is 0 Å². The zero-order valence-corrected chi connectivity index (χ0v) is 10.9. The Morgan fingerprint density at radius 1 is 1.39 bits per heavy atom. The van der Waals surface area contributed by atoms with Gasteiger partial charge in [0.1, 0.15) is 5.25 Å². The minimum atomic E-state index is -1.64. The zero-order chi connectivity index (χ0) is 13.9. The predicted octanol–water partition coefficient (Wildman–Crippen LogP) is 0.268. The summed E-state index contributed by atoms with van der Waals surface area (Å²) in [5, 5.41) is 0.978. The van der Waals surface area contributed by atoms with Gasteiger partial charge in [-0.05, 0) is 31.5 Å². The topological polar surface area (TPSA) is 115 Å². The van der Waals surface area contributed by atoms with Crippen molar-refractivity contribution >= 4 is 28.4 Å². The molecule has 0 aromatic heterocycles. The van der Waals surface area contributed by atoms with Gasteiger partial charge in [-0.25, -0.2) is 4.79 Å². The second-order valence-electron chi connectivity index (χ2n) is 3.83. The highest BCUT2D eigenvalue weighted by atomic mass is 32.2. The van der Waals surface area contributed by atoms with Gasteiger partial charge in [-0.15, -0.1) is 0 Å². The Morgan fingerprint density at radius 2 is 2.00 bits per heavy atom. The molecule has 0 spiro atoms. The van der Waals surface area contributed by atoms with Crippen molar-refractivity contribution < 1.29 is 13.8 Å². The van der Waals surface area contributed by atoms with Gasteiger partial charge < -0.3 is 11.5 Å². The van der Waals surface area contributed by atoms with Crippen molar-refractivity contribution in [2.75, 3.05) is 5.73 Å². The second kappa shape index (κ2) is 5.63. The molecule has 1 aromatic rings. The standard InChI is InChI=1S/C11H15N3O3S/c1-6-3-4-8(12)9(5-6)18(17)7(2)10(15)14-11(13)16/h3-5,7H,12H2,1-2H3,(H3,13,14,15,16). The first-order valence-electron chi connectivity index (χ1n) is 5.20. The number of hydrogen-bond acceptors (Lipinski definition) is 4. The monoisotopic (exact) mass is 269 g/mol. The third-order valence-corrected chi connectivity index (χ3v) is 3.97. The van der Waals surface area contributed by atoms with Gasteiger partial charge in [-0.1, -0.05) is 6.07 Å². The predicted molar refractivity (Wildman–Crippen MR) is 69.2 cm³/mol. The van der Waals surface area contributed by atoms with E-state index in [0.717, 1.165) is 5.56 Å². The molecule has 18 heavy (non-hydrogen) atoms. The number of carbonyl (C=O) groups is 2. The maximum Gasteiger partial charge on any atom is 0.318 e. The van der Waals surface area contributed by atoms with E-state index in [2.05, 4.69) is 0 Å². The van der Waals surface area contributed by atoms with Gasteiger partial charge in [0.25, 0.3) is 0 Å². The lowest BCUT2D eigenvalue weighted by Crippen LogP contribution is -2.42. The summed E-state index contributed by atoms with van der Waals surface area (Å²) in [5.41, 5.74) is 11.8. The Balaban J connectivity index is 2.96. The number of nitrogen functional groups attached to an aromatic ring is 1. The first-order valence-corrected chi connectivity index (χ1v) is 6.41. The van der Waals surface area contributed by atoms with E-state index in [9.17, 15) is 13.8 Å². The number of benzene rings is 1. The number of imide groups is 1. The van der Waals surface area contributed by atoms with E-state index in [0.29, 0.717) is 10.6 Å². The average Bonchev–Trinajstić information content (AvgIpc) is 2.29. The largest absolute Gasteiger partial charge is 0.398 e. The Labute approximate surface area is 107 Å². The van der Waals surface area contributed by atoms with Crippen LogP contribution in [0, 0.1) is 6.92 Å². The van der Waals surface area contributed by atoms with Crippen LogP contribution in [0.2, 0.25) is 0 Å². The van der Waals surface area contributed by atoms with Gasteiger partial charge in [0.15, 0.2) is 0 Å². The molecule has 0 fully saturated rings. The Kier molecular flexibility index (Phi) is 4.43. The normalized spacial score (nSPS) is 13.7. The summed E-state index contributed by atoms with van der Waals surface area (Å²) in [6.45, 7) is 3.27. The molecule has 1 rings (SSSR count). The molecule has 2 atom stereocenters. The number of anilines is 1. The van der Waals surface area contributed by atoms with Gasteiger partial charge in [0, 0.05) is 5.69 Å². The third kappa shape index (κ3) is 3.30. The number of urea groups is 1. The Hall–Kier alpha value is -1.89. The first kappa shape index (κ1) is 14.2. The Bertz CT molecular complexity index is 516. The quantitative estimate of drug-likeness (QED) is 0.683. The highest BCUT2D eigenvalue weighted by molar-refractivity contribution is 7.86. The van der Waals surface area contributed by atoms with Crippen molar-refractivity contribution in [3.63, 3.8) is 0 Å². The molecule has 3 amide bonds. The second-order valence-corrected chi connectivity index (χ2v) is 5.58. The van der Waals surface area contributed by atoms with Crippen molar-refractivity contribution in [2.24, 2.45) is 5.73 Å². The average molecular weight is 269 g/mol. The summed E-state index contributed by atoms with van der Waals surface area (Å²) in [6.07, 6.45) is 0. The SMILES string of the molecule is Cc1ccc(N)c(S(=O)C(C)C(=O)NC(N)=O)c1. The van der Waals surface area contributed by atoms with Crippen LogP contribution in [0.25, 0.3) is 0 Å². The fourth-order valence-electron chi connectivity index (χ4n) is 1.33. The molecule has 0 aliphatic carbocycles. The summed E-state index contributed by atoms with van der Waals surface area (Å²) in [7, 11) is -1.64. The molecule has 7 heteroatoms. The first-order chi connectivity index (χ1) is 8.32. The number of nitrogens with one attached hydrogen (secondary N) is 1. The maximum atomic E-state index is 12.2. The lowest BCUT2D eigenvalue weighted by atomic mass is 10.2. The van der Waals surface area contributed by atoms with Crippen LogP contribution < -0.4 is 16.8 Å². The molecule has 2 unspecified atom stereocenters. The molecule has 6 nitrogen and oxygen atoms in total. The number of primary amides is 1. The van der Waals surface area contributed by atoms with Crippen LogP contribution in [0.1, 0.15) is 12.5 Å². The van der Waals surface area contributed by atoms with E-state index >= 15 is 0 Å². The van der Waals surface area contributed by atoms with Crippen LogP contribution in [0.3, 0.4) is 0 Å². The molecule has 0 aliphatic heterocycles. The van der Waals surface area contributed by atoms with E-state index in [1.165, 1.54) is 6.92 Å². The molecular weight excluding hydrogens is 254 g/mol. The molecule has 0 radical (unpaired) electrons. The van der Waals surface area contributed by atoms with Crippen LogP contribution in [0.15, 0.2) is 23.1 Å². The molecule has 0 saturated heterocycles. The zero-order valence-electron chi connectivity index (χ0n) is 10.1. The van der Waals surface area contributed by atoms with Crippen molar-refractivity contribution in [1.82, 2.24) is 5.32 Å². The minimum Gasteiger partial charge on any atom is -0.398 e. The number of amides is 3. The van der Waals surface area contributed by atoms with Crippen LogP contribution in [-0.4, -0.2) is 21.4 Å². The van der Waals surface area contributed by atoms with E-state index in [-0.39, 0.29) is 0 Å². The van der Waals surface area contributed by atoms with E-state index < -0.39 is 28.0 Å². The highest BCUT2D eigenvalue weighted by Crippen LogP contribution is 2.20. The number of aryl methyl sites for hydroxylation is 1. The summed E-state index contributed by atoms with van der Waals surface area (Å²) >= 11 is 0. The van der Waals surface area contributed by atoms with Crippen LogP contribution >= 0.6 is 0 Å². The molecule has 0 aliphatic rings. The van der Waals surface area contributed by atoms with Gasteiger partial charge in [0.05, 0.1) is 15.7 Å². The molecule has 0 heterocycles. The minimum absolute atomic E-state index is 0.345. The summed E-state index contributed by atoms with van der Waals surface area (Å²) in [5.74, 6) is -0.693. The number of carbonyl (C=O) groups excluding carboxylic acids is 2. The summed E-state index contributed by atoms with van der Waals surface area (Å²) in [4.78, 5) is 22.5. The van der Waals surface area contributed by atoms with Crippen molar-refractivity contribution in [3.8, 4) is 0 Å². The molecular formula is C11H15N3O3S. The maximum absolute atomic E-state index is 12.2. The van der Waals surface area contributed by atoms with Crippen molar-refractivity contribution in [2.45, 2.75) is 24.0 Å². The number of hydrogen-bond donors (Lipinski definition) is 3. The van der Waals surface area contributed by atoms with Crippen molar-refractivity contribution in [3.05, 3.63) is 23.8 Å². The molecule has 0 bridgehead atoms. The highest BCUT2D eigenvalue weighted by Gasteiger charge is 2.23. The van der Waals surface area contributed by atoms with E-state index in [1.807, 2.05) is 12.2 Å². The Morgan fingerprint density at radius 3 is 2.56 bits per heavy atom.